The van der Waals surface area contributed by atoms with E-state index in [1.54, 1.807) is 0 Å². The minimum atomic E-state index is 0.149. The zero-order chi connectivity index (χ0) is 11.5. The van der Waals surface area contributed by atoms with Gasteiger partial charge in [-0.05, 0) is 37.3 Å². The quantitative estimate of drug-likeness (QED) is 0.699. The Morgan fingerprint density at radius 2 is 2.12 bits per heavy atom. The van der Waals surface area contributed by atoms with Gasteiger partial charge in [0.2, 0.25) is 0 Å². The average molecular weight is 214 g/mol. The van der Waals surface area contributed by atoms with Crippen LogP contribution < -0.4 is 0 Å². The van der Waals surface area contributed by atoms with E-state index in [0.29, 0.717) is 12.2 Å². The largest absolute Gasteiger partial charge is 0.299 e. The number of benzene rings is 1. The van der Waals surface area contributed by atoms with Gasteiger partial charge in [0.15, 0.2) is 0 Å². The predicted octanol–water partition coefficient (Wildman–Crippen LogP) is 3.64. The molecule has 1 aliphatic rings. The summed E-state index contributed by atoms with van der Waals surface area (Å²) in [7, 11) is 0. The van der Waals surface area contributed by atoms with E-state index in [-0.39, 0.29) is 5.92 Å². The van der Waals surface area contributed by atoms with E-state index in [4.69, 9.17) is 0 Å². The molecule has 0 saturated carbocycles. The maximum absolute atomic E-state index is 12.1. The molecule has 1 atom stereocenters. The molecule has 1 nitrogen and oxygen atoms in total. The predicted molar refractivity (Wildman–Crippen MR) is 66.6 cm³/mol. The van der Waals surface area contributed by atoms with Gasteiger partial charge in [-0.15, -0.1) is 6.58 Å². The van der Waals surface area contributed by atoms with Gasteiger partial charge in [-0.2, -0.15) is 0 Å². The Hall–Kier alpha value is -1.37. The highest BCUT2D eigenvalue weighted by atomic mass is 16.1. The lowest BCUT2D eigenvalue weighted by Crippen LogP contribution is -2.09. The van der Waals surface area contributed by atoms with Crippen LogP contribution in [0.3, 0.4) is 0 Å². The highest BCUT2D eigenvalue weighted by Crippen LogP contribution is 2.34. The summed E-state index contributed by atoms with van der Waals surface area (Å²) in [5, 5.41) is 0. The van der Waals surface area contributed by atoms with Crippen molar-refractivity contribution in [2.24, 2.45) is 0 Å². The molecular weight excluding hydrogens is 196 g/mol. The summed E-state index contributed by atoms with van der Waals surface area (Å²) in [5.41, 5.74) is 3.71. The number of hydrogen-bond donors (Lipinski definition) is 0. The Labute approximate surface area is 97.2 Å². The SMILES string of the molecule is C=C(C)CCC(=O)C1CCc2ccccc21. The maximum atomic E-state index is 12.1. The molecule has 1 heteroatoms. The molecule has 2 rings (SSSR count). The lowest BCUT2D eigenvalue weighted by molar-refractivity contribution is -0.120. The van der Waals surface area contributed by atoms with Crippen LogP contribution in [0.5, 0.6) is 0 Å². The van der Waals surface area contributed by atoms with Gasteiger partial charge >= 0.3 is 0 Å². The lowest BCUT2D eigenvalue weighted by atomic mass is 9.93. The summed E-state index contributed by atoms with van der Waals surface area (Å²) in [6.07, 6.45) is 3.53. The normalized spacial score (nSPS) is 18.2. The number of hydrogen-bond acceptors (Lipinski definition) is 1. The van der Waals surface area contributed by atoms with Crippen molar-refractivity contribution in [3.63, 3.8) is 0 Å². The molecule has 0 aromatic heterocycles. The van der Waals surface area contributed by atoms with Crippen molar-refractivity contribution in [2.75, 3.05) is 0 Å². The van der Waals surface area contributed by atoms with Crippen LogP contribution in [-0.4, -0.2) is 5.78 Å². The second-order valence-electron chi connectivity index (χ2n) is 4.71. The Kier molecular flexibility index (Phi) is 3.23. The fourth-order valence-electron chi connectivity index (χ4n) is 2.40. The maximum Gasteiger partial charge on any atom is 0.140 e. The fraction of sp³-hybridized carbons (Fsp3) is 0.400. The van der Waals surface area contributed by atoms with Crippen LogP contribution in [0.1, 0.15) is 43.2 Å². The molecule has 0 heterocycles. The van der Waals surface area contributed by atoms with Gasteiger partial charge in [0, 0.05) is 12.3 Å². The van der Waals surface area contributed by atoms with Gasteiger partial charge < -0.3 is 0 Å². The van der Waals surface area contributed by atoms with E-state index in [0.717, 1.165) is 24.8 Å². The third-order valence-electron chi connectivity index (χ3n) is 3.32. The van der Waals surface area contributed by atoms with E-state index in [1.807, 2.05) is 13.0 Å². The van der Waals surface area contributed by atoms with Crippen molar-refractivity contribution in [3.8, 4) is 0 Å². The van der Waals surface area contributed by atoms with E-state index < -0.39 is 0 Å². The summed E-state index contributed by atoms with van der Waals surface area (Å²) in [6.45, 7) is 5.83. The first-order valence-electron chi connectivity index (χ1n) is 5.93. The molecule has 1 aliphatic carbocycles. The minimum absolute atomic E-state index is 0.149. The zero-order valence-electron chi connectivity index (χ0n) is 9.83. The number of carbonyl (C=O) groups excluding carboxylic acids is 1. The first-order chi connectivity index (χ1) is 7.68. The minimum Gasteiger partial charge on any atom is -0.299 e. The molecule has 0 radical (unpaired) electrons. The van der Waals surface area contributed by atoms with Crippen molar-refractivity contribution in [3.05, 3.63) is 47.5 Å². The number of allylic oxidation sites excluding steroid dienone is 1. The molecule has 0 amide bonds. The Balaban J connectivity index is 2.07. The van der Waals surface area contributed by atoms with Gasteiger partial charge in [-0.3, -0.25) is 4.79 Å². The molecule has 84 valence electrons. The summed E-state index contributed by atoms with van der Waals surface area (Å²) >= 11 is 0. The lowest BCUT2D eigenvalue weighted by Gasteiger charge is -2.10. The number of carbonyl (C=O) groups is 1. The smallest absolute Gasteiger partial charge is 0.140 e. The van der Waals surface area contributed by atoms with Crippen molar-refractivity contribution in [1.82, 2.24) is 0 Å². The van der Waals surface area contributed by atoms with Crippen molar-refractivity contribution < 1.29 is 4.79 Å². The van der Waals surface area contributed by atoms with Crippen LogP contribution in [0.25, 0.3) is 0 Å². The van der Waals surface area contributed by atoms with E-state index in [1.165, 1.54) is 11.1 Å². The van der Waals surface area contributed by atoms with Crippen LogP contribution in [-0.2, 0) is 11.2 Å². The van der Waals surface area contributed by atoms with Crippen LogP contribution in [0.4, 0.5) is 0 Å². The molecule has 0 N–H and O–H groups in total. The molecule has 0 aliphatic heterocycles. The Morgan fingerprint density at radius 1 is 1.38 bits per heavy atom. The van der Waals surface area contributed by atoms with Crippen LogP contribution in [0, 0.1) is 0 Å². The summed E-state index contributed by atoms with van der Waals surface area (Å²) < 4.78 is 0. The molecule has 0 bridgehead atoms. The van der Waals surface area contributed by atoms with Gasteiger partial charge in [-0.25, -0.2) is 0 Å². The van der Waals surface area contributed by atoms with Gasteiger partial charge in [0.1, 0.15) is 5.78 Å². The molecule has 1 unspecified atom stereocenters. The van der Waals surface area contributed by atoms with Gasteiger partial charge in [-0.1, -0.05) is 29.8 Å². The van der Waals surface area contributed by atoms with Gasteiger partial charge in [0.05, 0.1) is 0 Å². The molecule has 0 fully saturated rings. The zero-order valence-corrected chi connectivity index (χ0v) is 9.83. The molecule has 0 saturated heterocycles. The molecular formula is C15H18O. The van der Waals surface area contributed by atoms with Crippen LogP contribution in [0.2, 0.25) is 0 Å². The second-order valence-corrected chi connectivity index (χ2v) is 4.71. The molecule has 1 aromatic carbocycles. The first-order valence-corrected chi connectivity index (χ1v) is 5.93. The average Bonchev–Trinajstić information content (AvgIpc) is 2.69. The number of rotatable bonds is 4. The van der Waals surface area contributed by atoms with E-state index >= 15 is 0 Å². The van der Waals surface area contributed by atoms with Crippen LogP contribution in [0.15, 0.2) is 36.4 Å². The summed E-state index contributed by atoms with van der Waals surface area (Å²) in [4.78, 5) is 12.1. The Bertz CT molecular complexity index is 417. The van der Waals surface area contributed by atoms with E-state index in [2.05, 4.69) is 24.8 Å². The Morgan fingerprint density at radius 3 is 2.88 bits per heavy atom. The van der Waals surface area contributed by atoms with Gasteiger partial charge in [0.25, 0.3) is 0 Å². The fourth-order valence-corrected chi connectivity index (χ4v) is 2.40. The third-order valence-corrected chi connectivity index (χ3v) is 3.32. The molecule has 1 aromatic rings. The monoisotopic (exact) mass is 214 g/mol. The highest BCUT2D eigenvalue weighted by Gasteiger charge is 2.27. The summed E-state index contributed by atoms with van der Waals surface area (Å²) in [5.74, 6) is 0.531. The van der Waals surface area contributed by atoms with E-state index in [9.17, 15) is 4.79 Å². The first kappa shape index (κ1) is 11.1. The van der Waals surface area contributed by atoms with Crippen molar-refractivity contribution in [1.29, 1.82) is 0 Å². The van der Waals surface area contributed by atoms with Crippen molar-refractivity contribution >= 4 is 5.78 Å². The van der Waals surface area contributed by atoms with Crippen molar-refractivity contribution in [2.45, 2.75) is 38.5 Å². The number of aryl methyl sites for hydroxylation is 1. The molecule has 16 heavy (non-hydrogen) atoms. The standard InChI is InChI=1S/C15H18O/c1-11(2)7-10-15(16)14-9-8-12-5-3-4-6-13(12)14/h3-6,14H,1,7-10H2,2H3. The van der Waals surface area contributed by atoms with Crippen LogP contribution >= 0.6 is 0 Å². The second kappa shape index (κ2) is 4.65. The number of ketones is 1. The topological polar surface area (TPSA) is 17.1 Å². The third kappa shape index (κ3) is 2.24. The number of Topliss-reactive ketones (excluding diaryl/α,β-unsaturated/α-hetero) is 1. The number of fused-ring (bicyclic) bond motifs is 1. The highest BCUT2D eigenvalue weighted by molar-refractivity contribution is 5.87. The summed E-state index contributed by atoms with van der Waals surface area (Å²) in [6, 6.07) is 8.33. The molecule has 0 spiro atoms.